The third-order valence-electron chi connectivity index (χ3n) is 3.08. The van der Waals surface area contributed by atoms with Gasteiger partial charge in [0.15, 0.2) is 11.5 Å². The lowest BCUT2D eigenvalue weighted by atomic mass is 9.89. The maximum atomic E-state index is 12.3. The number of ketones is 2. The number of hydrogen-bond acceptors (Lipinski definition) is 5. The van der Waals surface area contributed by atoms with Crippen LogP contribution in [0.25, 0.3) is 0 Å². The van der Waals surface area contributed by atoms with E-state index in [1.165, 1.54) is 6.07 Å². The van der Waals surface area contributed by atoms with Gasteiger partial charge in [-0.25, -0.2) is 4.79 Å². The molecular weight excluding hydrogens is 260 g/mol. The normalized spacial score (nSPS) is 12.8. The van der Waals surface area contributed by atoms with E-state index in [1.54, 1.807) is 31.2 Å². The number of rotatable bonds is 2. The Hall–Kier alpha value is -2.69. The highest BCUT2D eigenvalue weighted by Gasteiger charge is 2.34. The lowest BCUT2D eigenvalue weighted by Gasteiger charge is -2.11. The molecule has 0 aliphatic heterocycles. The largest absolute Gasteiger partial charge is 0.460 e. The SMILES string of the molecule is CCOC(=O)c1cc2c(o1)C(=O)c1ccccc1C2=O. The molecule has 0 amide bonds. The van der Waals surface area contributed by atoms with Gasteiger partial charge in [-0.3, -0.25) is 9.59 Å². The molecule has 1 aromatic heterocycles. The number of carbonyl (C=O) groups excluding carboxylic acids is 3. The summed E-state index contributed by atoms with van der Waals surface area (Å²) in [7, 11) is 0. The summed E-state index contributed by atoms with van der Waals surface area (Å²) in [6.07, 6.45) is 0. The molecule has 5 nitrogen and oxygen atoms in total. The lowest BCUT2D eigenvalue weighted by molar-refractivity contribution is 0.0488. The van der Waals surface area contributed by atoms with Crippen molar-refractivity contribution < 1.29 is 23.5 Å². The third kappa shape index (κ3) is 1.67. The van der Waals surface area contributed by atoms with E-state index in [1.807, 2.05) is 0 Å². The van der Waals surface area contributed by atoms with Crippen molar-refractivity contribution in [3.05, 3.63) is 58.5 Å². The van der Waals surface area contributed by atoms with E-state index in [4.69, 9.17) is 9.15 Å². The van der Waals surface area contributed by atoms with Crippen LogP contribution in [0.3, 0.4) is 0 Å². The number of fused-ring (bicyclic) bond motifs is 2. The van der Waals surface area contributed by atoms with Crippen molar-refractivity contribution in [2.24, 2.45) is 0 Å². The van der Waals surface area contributed by atoms with Gasteiger partial charge < -0.3 is 9.15 Å². The molecule has 0 spiro atoms. The average molecular weight is 270 g/mol. The van der Waals surface area contributed by atoms with E-state index in [0.29, 0.717) is 5.56 Å². The Kier molecular flexibility index (Phi) is 2.75. The average Bonchev–Trinajstić information content (AvgIpc) is 2.91. The molecule has 1 aliphatic carbocycles. The standard InChI is InChI=1S/C15H10O5/c1-2-19-15(18)11-7-10-12(16)8-5-3-4-6-9(8)13(17)14(10)20-11/h3-7H,2H2,1H3. The monoisotopic (exact) mass is 270 g/mol. The minimum absolute atomic E-state index is 0.100. The summed E-state index contributed by atoms with van der Waals surface area (Å²) in [6.45, 7) is 1.85. The second kappa shape index (κ2) is 4.45. The molecule has 3 rings (SSSR count). The molecule has 0 saturated heterocycles. The molecule has 0 saturated carbocycles. The molecule has 5 heteroatoms. The molecule has 0 unspecified atom stereocenters. The van der Waals surface area contributed by atoms with E-state index in [9.17, 15) is 14.4 Å². The molecule has 2 aromatic rings. The molecule has 0 radical (unpaired) electrons. The van der Waals surface area contributed by atoms with E-state index < -0.39 is 11.8 Å². The van der Waals surface area contributed by atoms with Crippen LogP contribution in [0.5, 0.6) is 0 Å². The summed E-state index contributed by atoms with van der Waals surface area (Å²) >= 11 is 0. The van der Waals surface area contributed by atoms with Crippen LogP contribution in [0.4, 0.5) is 0 Å². The van der Waals surface area contributed by atoms with Crippen LogP contribution in [0.15, 0.2) is 34.7 Å². The van der Waals surface area contributed by atoms with Gasteiger partial charge in [0.1, 0.15) is 0 Å². The van der Waals surface area contributed by atoms with Crippen LogP contribution in [0.2, 0.25) is 0 Å². The van der Waals surface area contributed by atoms with E-state index in [0.717, 1.165) is 0 Å². The zero-order chi connectivity index (χ0) is 14.3. The van der Waals surface area contributed by atoms with Crippen LogP contribution < -0.4 is 0 Å². The summed E-state index contributed by atoms with van der Waals surface area (Å²) in [4.78, 5) is 36.1. The molecule has 0 atom stereocenters. The summed E-state index contributed by atoms with van der Waals surface area (Å²) in [5, 5.41) is 0. The van der Waals surface area contributed by atoms with Crippen molar-refractivity contribution in [2.45, 2.75) is 6.92 Å². The Balaban J connectivity index is 2.12. The minimum Gasteiger partial charge on any atom is -0.460 e. The van der Waals surface area contributed by atoms with Crippen LogP contribution >= 0.6 is 0 Å². The minimum atomic E-state index is -0.688. The third-order valence-corrected chi connectivity index (χ3v) is 3.08. The van der Waals surface area contributed by atoms with Crippen molar-refractivity contribution in [3.63, 3.8) is 0 Å². The lowest BCUT2D eigenvalue weighted by Crippen LogP contribution is -2.18. The quantitative estimate of drug-likeness (QED) is 0.667. The van der Waals surface area contributed by atoms with Crippen molar-refractivity contribution in [2.75, 3.05) is 6.61 Å². The first-order valence-electron chi connectivity index (χ1n) is 6.13. The molecule has 20 heavy (non-hydrogen) atoms. The second-order valence-electron chi connectivity index (χ2n) is 4.28. The van der Waals surface area contributed by atoms with Gasteiger partial charge in [0.05, 0.1) is 12.2 Å². The predicted octanol–water partition coefficient (Wildman–Crippen LogP) is 2.23. The van der Waals surface area contributed by atoms with Gasteiger partial charge in [-0.05, 0) is 6.92 Å². The van der Waals surface area contributed by atoms with Crippen molar-refractivity contribution >= 4 is 17.5 Å². The zero-order valence-corrected chi connectivity index (χ0v) is 10.6. The van der Waals surface area contributed by atoms with Crippen molar-refractivity contribution in [1.29, 1.82) is 0 Å². The number of benzene rings is 1. The van der Waals surface area contributed by atoms with Gasteiger partial charge in [0.25, 0.3) is 0 Å². The molecule has 1 heterocycles. The van der Waals surface area contributed by atoms with Gasteiger partial charge in [0.2, 0.25) is 11.5 Å². The Morgan fingerprint density at radius 1 is 1.10 bits per heavy atom. The number of carbonyl (C=O) groups is 3. The van der Waals surface area contributed by atoms with Crippen LogP contribution in [0, 0.1) is 0 Å². The van der Waals surface area contributed by atoms with E-state index >= 15 is 0 Å². The Morgan fingerprint density at radius 2 is 1.75 bits per heavy atom. The Morgan fingerprint density at radius 3 is 2.40 bits per heavy atom. The summed E-state index contributed by atoms with van der Waals surface area (Å²) in [5.74, 6) is -1.64. The van der Waals surface area contributed by atoms with E-state index in [-0.39, 0.29) is 35.0 Å². The van der Waals surface area contributed by atoms with Gasteiger partial charge in [0, 0.05) is 17.2 Å². The maximum absolute atomic E-state index is 12.3. The first-order chi connectivity index (χ1) is 9.63. The fourth-order valence-corrected chi connectivity index (χ4v) is 2.18. The van der Waals surface area contributed by atoms with Crippen molar-refractivity contribution in [3.8, 4) is 0 Å². The predicted molar refractivity (Wildman–Crippen MR) is 68.0 cm³/mol. The first kappa shape index (κ1) is 12.3. The fraction of sp³-hybridized carbons (Fsp3) is 0.133. The maximum Gasteiger partial charge on any atom is 0.374 e. The second-order valence-corrected chi connectivity index (χ2v) is 4.28. The van der Waals surface area contributed by atoms with Gasteiger partial charge in [-0.1, -0.05) is 24.3 Å². The highest BCUT2D eigenvalue weighted by atomic mass is 16.5. The molecule has 0 N–H and O–H groups in total. The highest BCUT2D eigenvalue weighted by molar-refractivity contribution is 6.27. The Bertz CT molecular complexity index is 686. The van der Waals surface area contributed by atoms with Crippen molar-refractivity contribution in [1.82, 2.24) is 0 Å². The van der Waals surface area contributed by atoms with Gasteiger partial charge >= 0.3 is 5.97 Å². The Labute approximate surface area is 114 Å². The smallest absolute Gasteiger partial charge is 0.374 e. The topological polar surface area (TPSA) is 73.6 Å². The number of esters is 1. The van der Waals surface area contributed by atoms with Gasteiger partial charge in [-0.15, -0.1) is 0 Å². The molecule has 100 valence electrons. The van der Waals surface area contributed by atoms with Crippen LogP contribution in [-0.4, -0.2) is 24.1 Å². The van der Waals surface area contributed by atoms with E-state index in [2.05, 4.69) is 0 Å². The number of ether oxygens (including phenoxy) is 1. The molecular formula is C15H10O5. The molecule has 1 aromatic carbocycles. The fourth-order valence-electron chi connectivity index (χ4n) is 2.18. The molecule has 0 fully saturated rings. The molecule has 0 bridgehead atoms. The summed E-state index contributed by atoms with van der Waals surface area (Å²) in [6, 6.07) is 7.76. The number of hydrogen-bond donors (Lipinski definition) is 0. The summed E-state index contributed by atoms with van der Waals surface area (Å²) in [5.41, 5.74) is 0.715. The summed E-state index contributed by atoms with van der Waals surface area (Å²) < 4.78 is 10.0. The first-order valence-corrected chi connectivity index (χ1v) is 6.13. The highest BCUT2D eigenvalue weighted by Crippen LogP contribution is 2.29. The zero-order valence-electron chi connectivity index (χ0n) is 10.6. The number of furan rings is 1. The van der Waals surface area contributed by atoms with Gasteiger partial charge in [-0.2, -0.15) is 0 Å². The molecule has 1 aliphatic rings. The van der Waals surface area contributed by atoms with Crippen LogP contribution in [0.1, 0.15) is 49.5 Å². The van der Waals surface area contributed by atoms with Crippen LogP contribution in [-0.2, 0) is 4.74 Å².